The lowest BCUT2D eigenvalue weighted by Crippen LogP contribution is -2.56. The van der Waals surface area contributed by atoms with Crippen molar-refractivity contribution in [2.45, 2.75) is 32.4 Å². The molecule has 1 heterocycles. The van der Waals surface area contributed by atoms with Crippen molar-refractivity contribution in [3.8, 4) is 0 Å². The summed E-state index contributed by atoms with van der Waals surface area (Å²) < 4.78 is 0. The Kier molecular flexibility index (Phi) is 4.26. The van der Waals surface area contributed by atoms with E-state index < -0.39 is 0 Å². The fourth-order valence-electron chi connectivity index (χ4n) is 3.13. The van der Waals surface area contributed by atoms with Crippen LogP contribution in [0.25, 0.3) is 0 Å². The van der Waals surface area contributed by atoms with E-state index in [0.29, 0.717) is 12.1 Å². The van der Waals surface area contributed by atoms with Crippen molar-refractivity contribution in [1.82, 2.24) is 5.32 Å². The molecule has 1 saturated heterocycles. The van der Waals surface area contributed by atoms with Gasteiger partial charge in [-0.05, 0) is 43.5 Å². The van der Waals surface area contributed by atoms with Gasteiger partial charge in [0.25, 0.3) is 0 Å². The quantitative estimate of drug-likeness (QED) is 0.927. The standard InChI is InChI=1S/C19H24N2/c1-15-7-6-10-19(11-15)21-14-18(20-13-16(21)2)12-17-8-4-3-5-9-17/h3-11,16,18,20H,12-14H2,1-2H3. The number of piperazine rings is 1. The molecule has 2 aromatic carbocycles. The first-order valence-electron chi connectivity index (χ1n) is 7.83. The van der Waals surface area contributed by atoms with Crippen LogP contribution in [0.1, 0.15) is 18.1 Å². The second-order valence-corrected chi connectivity index (χ2v) is 6.14. The van der Waals surface area contributed by atoms with E-state index >= 15 is 0 Å². The van der Waals surface area contributed by atoms with E-state index in [4.69, 9.17) is 0 Å². The normalized spacial score (nSPS) is 22.3. The predicted octanol–water partition coefficient (Wildman–Crippen LogP) is 3.40. The number of rotatable bonds is 3. The fraction of sp³-hybridized carbons (Fsp3) is 0.368. The second-order valence-electron chi connectivity index (χ2n) is 6.14. The third kappa shape index (κ3) is 3.45. The van der Waals surface area contributed by atoms with Gasteiger partial charge in [0.05, 0.1) is 0 Å². The maximum absolute atomic E-state index is 3.69. The molecule has 0 saturated carbocycles. The summed E-state index contributed by atoms with van der Waals surface area (Å²) in [4.78, 5) is 2.54. The molecule has 0 bridgehead atoms. The van der Waals surface area contributed by atoms with Crippen LogP contribution >= 0.6 is 0 Å². The van der Waals surface area contributed by atoms with Crippen LogP contribution in [-0.4, -0.2) is 25.2 Å². The summed E-state index contributed by atoms with van der Waals surface area (Å²) in [5.41, 5.74) is 4.09. The summed E-state index contributed by atoms with van der Waals surface area (Å²) in [6, 6.07) is 20.7. The molecule has 21 heavy (non-hydrogen) atoms. The molecule has 1 aliphatic heterocycles. The molecule has 1 N–H and O–H groups in total. The summed E-state index contributed by atoms with van der Waals surface area (Å²) in [5.74, 6) is 0. The van der Waals surface area contributed by atoms with Gasteiger partial charge in [-0.1, -0.05) is 42.5 Å². The van der Waals surface area contributed by atoms with Gasteiger partial charge in [-0.25, -0.2) is 0 Å². The number of aryl methyl sites for hydroxylation is 1. The van der Waals surface area contributed by atoms with E-state index in [0.717, 1.165) is 19.5 Å². The van der Waals surface area contributed by atoms with Crippen LogP contribution in [-0.2, 0) is 6.42 Å². The molecule has 0 radical (unpaired) electrons. The Balaban J connectivity index is 1.73. The monoisotopic (exact) mass is 280 g/mol. The molecule has 1 aliphatic rings. The van der Waals surface area contributed by atoms with Gasteiger partial charge in [0.1, 0.15) is 0 Å². The summed E-state index contributed by atoms with van der Waals surface area (Å²) in [7, 11) is 0. The van der Waals surface area contributed by atoms with E-state index in [-0.39, 0.29) is 0 Å². The first kappa shape index (κ1) is 14.2. The molecule has 2 aromatic rings. The number of nitrogens with zero attached hydrogens (tertiary/aromatic N) is 1. The topological polar surface area (TPSA) is 15.3 Å². The summed E-state index contributed by atoms with van der Waals surface area (Å²) in [6.07, 6.45) is 1.09. The van der Waals surface area contributed by atoms with Crippen LogP contribution in [0.5, 0.6) is 0 Å². The summed E-state index contributed by atoms with van der Waals surface area (Å²) in [5, 5.41) is 3.69. The van der Waals surface area contributed by atoms with Crippen molar-refractivity contribution >= 4 is 5.69 Å². The van der Waals surface area contributed by atoms with Gasteiger partial charge in [0, 0.05) is 30.9 Å². The first-order chi connectivity index (χ1) is 10.2. The number of nitrogens with one attached hydrogen (secondary N) is 1. The zero-order valence-electron chi connectivity index (χ0n) is 12.9. The number of anilines is 1. The Hall–Kier alpha value is -1.80. The number of benzene rings is 2. The summed E-state index contributed by atoms with van der Waals surface area (Å²) >= 11 is 0. The number of hydrogen-bond donors (Lipinski definition) is 1. The van der Waals surface area contributed by atoms with Gasteiger partial charge in [-0.15, -0.1) is 0 Å². The minimum absolute atomic E-state index is 0.518. The average Bonchev–Trinajstić information content (AvgIpc) is 2.50. The van der Waals surface area contributed by atoms with Gasteiger partial charge >= 0.3 is 0 Å². The molecule has 0 aromatic heterocycles. The lowest BCUT2D eigenvalue weighted by Gasteiger charge is -2.40. The van der Waals surface area contributed by atoms with Crippen molar-refractivity contribution in [1.29, 1.82) is 0 Å². The Bertz CT molecular complexity index is 579. The van der Waals surface area contributed by atoms with Crippen LogP contribution in [0.15, 0.2) is 54.6 Å². The molecule has 2 unspecified atom stereocenters. The van der Waals surface area contributed by atoms with Crippen LogP contribution in [0.3, 0.4) is 0 Å². The molecule has 110 valence electrons. The maximum atomic E-state index is 3.69. The van der Waals surface area contributed by atoms with E-state index in [9.17, 15) is 0 Å². The summed E-state index contributed by atoms with van der Waals surface area (Å²) in [6.45, 7) is 6.58. The largest absolute Gasteiger partial charge is 0.366 e. The maximum Gasteiger partial charge on any atom is 0.0387 e. The molecular formula is C19H24N2. The van der Waals surface area contributed by atoms with Crippen LogP contribution in [0, 0.1) is 6.92 Å². The van der Waals surface area contributed by atoms with E-state index in [1.165, 1.54) is 16.8 Å². The van der Waals surface area contributed by atoms with Crippen LogP contribution < -0.4 is 10.2 Å². The highest BCUT2D eigenvalue weighted by molar-refractivity contribution is 5.50. The third-order valence-corrected chi connectivity index (χ3v) is 4.31. The van der Waals surface area contributed by atoms with Gasteiger partial charge < -0.3 is 10.2 Å². The fourth-order valence-corrected chi connectivity index (χ4v) is 3.13. The van der Waals surface area contributed by atoms with Crippen molar-refractivity contribution < 1.29 is 0 Å². The van der Waals surface area contributed by atoms with E-state index in [1.54, 1.807) is 0 Å². The van der Waals surface area contributed by atoms with Crippen LogP contribution in [0.2, 0.25) is 0 Å². The zero-order valence-corrected chi connectivity index (χ0v) is 12.9. The highest BCUT2D eigenvalue weighted by atomic mass is 15.2. The van der Waals surface area contributed by atoms with Gasteiger partial charge in [0.15, 0.2) is 0 Å². The molecule has 0 spiro atoms. The zero-order chi connectivity index (χ0) is 14.7. The van der Waals surface area contributed by atoms with Gasteiger partial charge in [-0.2, -0.15) is 0 Å². The van der Waals surface area contributed by atoms with Crippen LogP contribution in [0.4, 0.5) is 5.69 Å². The molecular weight excluding hydrogens is 256 g/mol. The highest BCUT2D eigenvalue weighted by Gasteiger charge is 2.25. The van der Waals surface area contributed by atoms with Gasteiger partial charge in [0.2, 0.25) is 0 Å². The minimum atomic E-state index is 0.518. The van der Waals surface area contributed by atoms with Crippen molar-refractivity contribution in [2.24, 2.45) is 0 Å². The molecule has 0 aliphatic carbocycles. The lowest BCUT2D eigenvalue weighted by atomic mass is 10.0. The molecule has 2 nitrogen and oxygen atoms in total. The van der Waals surface area contributed by atoms with Crippen molar-refractivity contribution in [3.05, 3.63) is 65.7 Å². The Morgan fingerprint density at radius 2 is 1.90 bits per heavy atom. The third-order valence-electron chi connectivity index (χ3n) is 4.31. The SMILES string of the molecule is Cc1cccc(N2CC(Cc3ccccc3)NCC2C)c1. The first-order valence-corrected chi connectivity index (χ1v) is 7.83. The van der Waals surface area contributed by atoms with E-state index in [2.05, 4.69) is 78.7 Å². The predicted molar refractivity (Wildman–Crippen MR) is 89.9 cm³/mol. The Morgan fingerprint density at radius 1 is 1.10 bits per heavy atom. The van der Waals surface area contributed by atoms with Crippen molar-refractivity contribution in [3.63, 3.8) is 0 Å². The molecule has 2 atom stereocenters. The lowest BCUT2D eigenvalue weighted by molar-refractivity contribution is 0.403. The molecule has 2 heteroatoms. The molecule has 3 rings (SSSR count). The molecule has 1 fully saturated rings. The molecule has 0 amide bonds. The average molecular weight is 280 g/mol. The Labute approximate surface area is 127 Å². The van der Waals surface area contributed by atoms with Crippen molar-refractivity contribution in [2.75, 3.05) is 18.0 Å². The Morgan fingerprint density at radius 3 is 2.67 bits per heavy atom. The second kappa shape index (κ2) is 6.31. The van der Waals surface area contributed by atoms with Gasteiger partial charge in [-0.3, -0.25) is 0 Å². The van der Waals surface area contributed by atoms with E-state index in [1.807, 2.05) is 0 Å². The smallest absolute Gasteiger partial charge is 0.0387 e. The number of hydrogen-bond acceptors (Lipinski definition) is 2. The minimum Gasteiger partial charge on any atom is -0.366 e. The highest BCUT2D eigenvalue weighted by Crippen LogP contribution is 2.21.